The molecule has 0 unspecified atom stereocenters. The Morgan fingerprint density at radius 3 is 2.33 bits per heavy atom. The number of carbonyl (C=O) groups excluding carboxylic acids is 1. The van der Waals surface area contributed by atoms with Crippen molar-refractivity contribution < 1.29 is 18.0 Å². The minimum atomic E-state index is -4.61. The molecule has 3 aliphatic heterocycles. The van der Waals surface area contributed by atoms with Gasteiger partial charge in [0.25, 0.3) is 0 Å². The Balaban J connectivity index is 1.30. The molecule has 6 heterocycles. The van der Waals surface area contributed by atoms with Gasteiger partial charge in [0.15, 0.2) is 0 Å². The third-order valence-electron chi connectivity index (χ3n) is 8.78. The first-order valence-electron chi connectivity index (χ1n) is 15.1. The third kappa shape index (κ3) is 5.50. The summed E-state index contributed by atoms with van der Waals surface area (Å²) in [5.74, 6) is 0.899. The summed E-state index contributed by atoms with van der Waals surface area (Å²) >= 11 is 0. The molecule has 13 heteroatoms. The Bertz CT molecular complexity index is 1730. The fourth-order valence-corrected chi connectivity index (χ4v) is 6.28. The van der Waals surface area contributed by atoms with Crippen molar-refractivity contribution in [3.05, 3.63) is 66.0 Å². The lowest BCUT2D eigenvalue weighted by molar-refractivity contribution is -0.137. The Hall–Kier alpha value is -4.49. The number of piperazine rings is 2. The number of benzene rings is 1. The molecular weight excluding hydrogens is 583 g/mol. The number of pyridine rings is 3. The summed E-state index contributed by atoms with van der Waals surface area (Å²) in [6.07, 6.45) is -1.16. The number of carbonyl (C=O) groups is 1. The van der Waals surface area contributed by atoms with Gasteiger partial charge in [0.1, 0.15) is 11.3 Å². The molecule has 234 valence electrons. The van der Waals surface area contributed by atoms with Crippen LogP contribution in [-0.2, 0) is 12.7 Å². The molecule has 0 saturated carbocycles. The van der Waals surface area contributed by atoms with Gasteiger partial charge in [0, 0.05) is 88.6 Å². The summed E-state index contributed by atoms with van der Waals surface area (Å²) in [7, 11) is 3.73. The van der Waals surface area contributed by atoms with Gasteiger partial charge in [-0.15, -0.1) is 0 Å². The number of halogens is 3. The average Bonchev–Trinajstić information content (AvgIpc) is 3.05. The van der Waals surface area contributed by atoms with Crippen LogP contribution < -0.4 is 20.0 Å². The van der Waals surface area contributed by atoms with Crippen LogP contribution in [0.3, 0.4) is 0 Å². The molecule has 10 nitrogen and oxygen atoms in total. The van der Waals surface area contributed by atoms with Crippen LogP contribution in [0.25, 0.3) is 22.3 Å². The van der Waals surface area contributed by atoms with Crippen molar-refractivity contribution in [1.82, 2.24) is 30.1 Å². The predicted molar refractivity (Wildman–Crippen MR) is 168 cm³/mol. The van der Waals surface area contributed by atoms with Gasteiger partial charge >= 0.3 is 12.2 Å². The van der Waals surface area contributed by atoms with Crippen molar-refractivity contribution >= 4 is 39.9 Å². The summed E-state index contributed by atoms with van der Waals surface area (Å²) < 4.78 is 43.5. The zero-order chi connectivity index (χ0) is 31.3. The van der Waals surface area contributed by atoms with Gasteiger partial charge in [-0.05, 0) is 49.5 Å². The van der Waals surface area contributed by atoms with Crippen molar-refractivity contribution in [3.8, 4) is 11.3 Å². The van der Waals surface area contributed by atoms with Crippen molar-refractivity contribution in [1.29, 1.82) is 0 Å². The molecule has 1 aromatic carbocycles. The van der Waals surface area contributed by atoms with E-state index >= 15 is 0 Å². The molecule has 3 aliphatic rings. The molecule has 45 heavy (non-hydrogen) atoms. The first kappa shape index (κ1) is 29.2. The number of rotatable bonds is 4. The number of alkyl halides is 3. The molecule has 2 saturated heterocycles. The summed E-state index contributed by atoms with van der Waals surface area (Å²) in [6.45, 7) is 6.13. The van der Waals surface area contributed by atoms with Crippen LogP contribution in [-0.4, -0.2) is 97.2 Å². The Kier molecular flexibility index (Phi) is 7.44. The summed E-state index contributed by atoms with van der Waals surface area (Å²) in [4.78, 5) is 37.0. The first-order valence-corrected chi connectivity index (χ1v) is 15.1. The summed E-state index contributed by atoms with van der Waals surface area (Å²) in [6, 6.07) is 11.3. The minimum Gasteiger partial charge on any atom is -0.368 e. The van der Waals surface area contributed by atoms with Crippen LogP contribution in [0, 0.1) is 0 Å². The van der Waals surface area contributed by atoms with Gasteiger partial charge in [-0.1, -0.05) is 0 Å². The van der Waals surface area contributed by atoms with E-state index in [1.807, 2.05) is 24.3 Å². The van der Waals surface area contributed by atoms with Gasteiger partial charge in [-0.2, -0.15) is 13.2 Å². The first-order chi connectivity index (χ1) is 21.7. The second-order valence-electron chi connectivity index (χ2n) is 11.8. The molecule has 0 spiro atoms. The molecule has 1 N–H and O–H groups in total. The van der Waals surface area contributed by atoms with Crippen molar-refractivity contribution in [2.45, 2.75) is 12.7 Å². The average molecular weight is 618 g/mol. The van der Waals surface area contributed by atoms with Gasteiger partial charge in [-0.25, -0.2) is 14.8 Å². The monoisotopic (exact) mass is 617 g/mol. The molecule has 3 aromatic heterocycles. The normalized spacial score (nSPS) is 18.1. The zero-order valence-corrected chi connectivity index (χ0v) is 25.2. The Morgan fingerprint density at radius 2 is 1.62 bits per heavy atom. The highest BCUT2D eigenvalue weighted by molar-refractivity contribution is 6.08. The second kappa shape index (κ2) is 11.5. The smallest absolute Gasteiger partial charge is 0.368 e. The third-order valence-corrected chi connectivity index (χ3v) is 8.78. The lowest BCUT2D eigenvalue weighted by atomic mass is 10.0. The number of fused-ring (bicyclic) bond motifs is 3. The Labute approximate surface area is 259 Å². The van der Waals surface area contributed by atoms with E-state index in [0.717, 1.165) is 43.6 Å². The van der Waals surface area contributed by atoms with E-state index in [-0.39, 0.29) is 17.9 Å². The minimum absolute atomic E-state index is 0.110. The second-order valence-corrected chi connectivity index (χ2v) is 11.8. The molecule has 0 radical (unpaired) electrons. The van der Waals surface area contributed by atoms with E-state index in [1.54, 1.807) is 30.4 Å². The van der Waals surface area contributed by atoms with Crippen LogP contribution in [0.2, 0.25) is 0 Å². The van der Waals surface area contributed by atoms with E-state index < -0.39 is 17.8 Å². The van der Waals surface area contributed by atoms with Crippen LogP contribution in [0.4, 0.5) is 40.8 Å². The SMILES string of the molecule is CN1CCN(c2ccc(-c3ccc4ncc5c(c4n3)N(c3ccc(N4CCNCC4)c(C(F)(F)F)c3)C(=O)N(C)C5)cn2)CC1. The van der Waals surface area contributed by atoms with E-state index in [0.29, 0.717) is 54.2 Å². The van der Waals surface area contributed by atoms with E-state index in [1.165, 1.54) is 15.9 Å². The zero-order valence-electron chi connectivity index (χ0n) is 25.2. The van der Waals surface area contributed by atoms with Crippen molar-refractivity contribution in [2.75, 3.05) is 81.2 Å². The molecule has 2 amide bonds. The lowest BCUT2D eigenvalue weighted by Gasteiger charge is -2.36. The molecular formula is C32H34F3N9O. The number of urea groups is 1. The van der Waals surface area contributed by atoms with Crippen LogP contribution in [0.1, 0.15) is 11.1 Å². The van der Waals surface area contributed by atoms with Gasteiger partial charge in [0.2, 0.25) is 0 Å². The highest BCUT2D eigenvalue weighted by Crippen LogP contribution is 2.44. The van der Waals surface area contributed by atoms with Crippen molar-refractivity contribution in [3.63, 3.8) is 0 Å². The summed E-state index contributed by atoms with van der Waals surface area (Å²) in [5.41, 5.74) is 2.99. The molecule has 2 fully saturated rings. The fraction of sp³-hybridized carbons (Fsp3) is 0.375. The van der Waals surface area contributed by atoms with Crippen LogP contribution in [0.15, 0.2) is 54.9 Å². The largest absolute Gasteiger partial charge is 0.418 e. The maximum Gasteiger partial charge on any atom is 0.418 e. The number of nitrogens with zero attached hydrogens (tertiary/aromatic N) is 8. The number of amides is 2. The van der Waals surface area contributed by atoms with E-state index in [4.69, 9.17) is 9.97 Å². The summed E-state index contributed by atoms with van der Waals surface area (Å²) in [5, 5.41) is 3.18. The van der Waals surface area contributed by atoms with Gasteiger partial charge in [-0.3, -0.25) is 9.88 Å². The standard InChI is InChI=1S/C32H34F3N9O/c1-40-13-15-43(16-14-40)28-8-3-21(18-38-28)25-5-6-26-29(39-25)30-22(19-37-26)20-41(2)31(45)44(30)23-4-7-27(24(17-23)32(33,34)35)42-11-9-36-10-12-42/h3-8,17-19,36H,9-16,20H2,1-2H3. The maximum atomic E-state index is 14.5. The molecule has 0 atom stereocenters. The van der Waals surface area contributed by atoms with Gasteiger partial charge in [0.05, 0.1) is 34.7 Å². The van der Waals surface area contributed by atoms with Crippen molar-refractivity contribution in [2.24, 2.45) is 0 Å². The predicted octanol–water partition coefficient (Wildman–Crippen LogP) is 4.58. The maximum absolute atomic E-state index is 14.5. The topological polar surface area (TPSA) is 84.0 Å². The number of likely N-dealkylation sites (N-methyl/N-ethyl adjacent to an activating group) is 1. The molecule has 4 aromatic rings. The van der Waals surface area contributed by atoms with Gasteiger partial charge < -0.3 is 24.9 Å². The quantitative estimate of drug-likeness (QED) is 0.357. The molecule has 7 rings (SSSR count). The Morgan fingerprint density at radius 1 is 0.844 bits per heavy atom. The number of aromatic nitrogens is 3. The molecule has 0 aliphatic carbocycles. The number of nitrogens with one attached hydrogen (secondary N) is 1. The molecule has 0 bridgehead atoms. The number of hydrogen-bond acceptors (Lipinski definition) is 8. The number of anilines is 4. The van der Waals surface area contributed by atoms with E-state index in [2.05, 4.69) is 27.1 Å². The van der Waals surface area contributed by atoms with Crippen LogP contribution in [0.5, 0.6) is 0 Å². The van der Waals surface area contributed by atoms with E-state index in [9.17, 15) is 18.0 Å². The fourth-order valence-electron chi connectivity index (χ4n) is 6.28. The lowest BCUT2D eigenvalue weighted by Crippen LogP contribution is -2.44. The highest BCUT2D eigenvalue weighted by atomic mass is 19.4. The number of hydrogen-bond donors (Lipinski definition) is 1. The van der Waals surface area contributed by atoms with Crippen LogP contribution >= 0.6 is 0 Å². The highest BCUT2D eigenvalue weighted by Gasteiger charge is 2.38.